The fourth-order valence-corrected chi connectivity index (χ4v) is 5.20. The third-order valence-electron chi connectivity index (χ3n) is 5.89. The van der Waals surface area contributed by atoms with Crippen molar-refractivity contribution in [3.05, 3.63) is 35.6 Å². The Hall–Kier alpha value is -0.890. The van der Waals surface area contributed by atoms with E-state index >= 15 is 0 Å². The van der Waals surface area contributed by atoms with Crippen LogP contribution in [-0.4, -0.2) is 6.04 Å². The van der Waals surface area contributed by atoms with E-state index in [1.54, 1.807) is 12.1 Å². The third-order valence-corrected chi connectivity index (χ3v) is 5.89. The molecule has 0 heterocycles. The standard InChI is InChI=1S/C17H22FN/c18-13-4-1-3-11(7-13)10-19-17-9-12-8-16(17)15-6-2-5-14(12)15/h1,3-4,7,12,14-17,19H,2,5-6,8-10H2/t12-,14+,15+,16-,17+/m0/s1. The lowest BCUT2D eigenvalue weighted by Crippen LogP contribution is -2.38. The van der Waals surface area contributed by atoms with Gasteiger partial charge in [0.15, 0.2) is 0 Å². The second-order valence-electron chi connectivity index (χ2n) is 6.77. The monoisotopic (exact) mass is 259 g/mol. The predicted octanol–water partition coefficient (Wildman–Crippen LogP) is 3.74. The fourth-order valence-electron chi connectivity index (χ4n) is 5.20. The number of rotatable bonds is 3. The van der Waals surface area contributed by atoms with Crippen LogP contribution in [0.3, 0.4) is 0 Å². The minimum absolute atomic E-state index is 0.122. The molecule has 3 saturated carbocycles. The van der Waals surface area contributed by atoms with E-state index in [9.17, 15) is 4.39 Å². The molecule has 0 unspecified atom stereocenters. The molecule has 3 aliphatic carbocycles. The van der Waals surface area contributed by atoms with Gasteiger partial charge in [0, 0.05) is 12.6 Å². The summed E-state index contributed by atoms with van der Waals surface area (Å²) in [4.78, 5) is 0. The van der Waals surface area contributed by atoms with Crippen LogP contribution in [-0.2, 0) is 6.54 Å². The van der Waals surface area contributed by atoms with Gasteiger partial charge in [-0.2, -0.15) is 0 Å². The van der Waals surface area contributed by atoms with Gasteiger partial charge in [0.1, 0.15) is 5.82 Å². The molecule has 0 amide bonds. The van der Waals surface area contributed by atoms with Gasteiger partial charge in [-0.1, -0.05) is 18.6 Å². The summed E-state index contributed by atoms with van der Waals surface area (Å²) in [6, 6.07) is 7.68. The van der Waals surface area contributed by atoms with Gasteiger partial charge in [-0.15, -0.1) is 0 Å². The molecular formula is C17H22FN. The molecule has 0 saturated heterocycles. The van der Waals surface area contributed by atoms with Crippen molar-refractivity contribution >= 4 is 0 Å². The zero-order chi connectivity index (χ0) is 12.8. The fraction of sp³-hybridized carbons (Fsp3) is 0.647. The van der Waals surface area contributed by atoms with E-state index in [0.29, 0.717) is 6.04 Å². The second-order valence-corrected chi connectivity index (χ2v) is 6.77. The maximum Gasteiger partial charge on any atom is 0.123 e. The van der Waals surface area contributed by atoms with Crippen LogP contribution in [0.5, 0.6) is 0 Å². The van der Waals surface area contributed by atoms with Crippen molar-refractivity contribution < 1.29 is 4.39 Å². The molecule has 3 fully saturated rings. The Balaban J connectivity index is 1.40. The van der Waals surface area contributed by atoms with Gasteiger partial charge >= 0.3 is 0 Å². The summed E-state index contributed by atoms with van der Waals surface area (Å²) in [5.41, 5.74) is 1.07. The van der Waals surface area contributed by atoms with E-state index in [1.165, 1.54) is 38.2 Å². The third kappa shape index (κ3) is 2.01. The second kappa shape index (κ2) is 4.59. The largest absolute Gasteiger partial charge is 0.310 e. The molecule has 19 heavy (non-hydrogen) atoms. The lowest BCUT2D eigenvalue weighted by atomic mass is 9.79. The first-order chi connectivity index (χ1) is 9.31. The van der Waals surface area contributed by atoms with Crippen molar-refractivity contribution in [2.45, 2.75) is 44.7 Å². The van der Waals surface area contributed by atoms with Crippen LogP contribution >= 0.6 is 0 Å². The van der Waals surface area contributed by atoms with Crippen LogP contribution in [0.1, 0.15) is 37.7 Å². The Morgan fingerprint density at radius 2 is 2.00 bits per heavy atom. The summed E-state index contributed by atoms with van der Waals surface area (Å²) >= 11 is 0. The molecule has 0 radical (unpaired) electrons. The molecular weight excluding hydrogens is 237 g/mol. The molecule has 2 bridgehead atoms. The number of fused-ring (bicyclic) bond motifs is 5. The van der Waals surface area contributed by atoms with Crippen LogP contribution in [0.2, 0.25) is 0 Å². The van der Waals surface area contributed by atoms with Crippen molar-refractivity contribution in [2.24, 2.45) is 23.7 Å². The highest BCUT2D eigenvalue weighted by atomic mass is 19.1. The molecule has 0 aromatic heterocycles. The molecule has 0 aliphatic heterocycles. The topological polar surface area (TPSA) is 12.0 Å². The Morgan fingerprint density at radius 3 is 2.89 bits per heavy atom. The van der Waals surface area contributed by atoms with Gasteiger partial charge in [0.05, 0.1) is 0 Å². The predicted molar refractivity (Wildman–Crippen MR) is 74.1 cm³/mol. The Bertz CT molecular complexity index is 472. The summed E-state index contributed by atoms with van der Waals surface area (Å²) in [5.74, 6) is 3.83. The average molecular weight is 259 g/mol. The van der Waals surface area contributed by atoms with Crippen molar-refractivity contribution in [1.29, 1.82) is 0 Å². The maximum absolute atomic E-state index is 13.2. The molecule has 3 aliphatic rings. The normalized spacial score (nSPS) is 39.7. The summed E-state index contributed by atoms with van der Waals surface area (Å²) in [5, 5.41) is 3.70. The Labute approximate surface area is 114 Å². The van der Waals surface area contributed by atoms with Gasteiger partial charge in [0.25, 0.3) is 0 Å². The Morgan fingerprint density at radius 1 is 1.11 bits per heavy atom. The average Bonchev–Trinajstić information content (AvgIpc) is 3.08. The van der Waals surface area contributed by atoms with Crippen LogP contribution < -0.4 is 5.32 Å². The highest BCUT2D eigenvalue weighted by Crippen LogP contribution is 2.58. The summed E-state index contributed by atoms with van der Waals surface area (Å²) < 4.78 is 13.2. The SMILES string of the molecule is Fc1cccc(CN[C@@H]2C[C@@H]3C[C@H]2[C@@H]2CCC[C@H]32)c1. The molecule has 1 nitrogen and oxygen atoms in total. The number of nitrogens with one attached hydrogen (secondary N) is 1. The van der Waals surface area contributed by atoms with E-state index in [-0.39, 0.29) is 5.82 Å². The van der Waals surface area contributed by atoms with Crippen molar-refractivity contribution in [3.63, 3.8) is 0 Å². The van der Waals surface area contributed by atoms with E-state index in [0.717, 1.165) is 35.8 Å². The van der Waals surface area contributed by atoms with Crippen molar-refractivity contribution in [3.8, 4) is 0 Å². The first-order valence-electron chi connectivity index (χ1n) is 7.79. The molecule has 5 atom stereocenters. The molecule has 2 heteroatoms. The lowest BCUT2D eigenvalue weighted by molar-refractivity contribution is 0.208. The minimum Gasteiger partial charge on any atom is -0.310 e. The Kier molecular flexibility index (Phi) is 2.87. The summed E-state index contributed by atoms with van der Waals surface area (Å²) in [6.07, 6.45) is 7.22. The molecule has 0 spiro atoms. The first kappa shape index (κ1) is 11.9. The zero-order valence-corrected chi connectivity index (χ0v) is 11.3. The molecule has 102 valence electrons. The van der Waals surface area contributed by atoms with Crippen molar-refractivity contribution in [1.82, 2.24) is 5.32 Å². The van der Waals surface area contributed by atoms with E-state index in [2.05, 4.69) is 5.32 Å². The van der Waals surface area contributed by atoms with Gasteiger partial charge in [-0.25, -0.2) is 4.39 Å². The number of hydrogen-bond donors (Lipinski definition) is 1. The molecule has 1 aromatic carbocycles. The minimum atomic E-state index is -0.122. The van der Waals surface area contributed by atoms with Gasteiger partial charge in [-0.05, 0) is 67.1 Å². The van der Waals surface area contributed by atoms with Crippen molar-refractivity contribution in [2.75, 3.05) is 0 Å². The van der Waals surface area contributed by atoms with Gasteiger partial charge < -0.3 is 5.32 Å². The maximum atomic E-state index is 13.2. The smallest absolute Gasteiger partial charge is 0.123 e. The van der Waals surface area contributed by atoms with Gasteiger partial charge in [0.2, 0.25) is 0 Å². The lowest BCUT2D eigenvalue weighted by Gasteiger charge is -2.32. The summed E-state index contributed by atoms with van der Waals surface area (Å²) in [7, 11) is 0. The zero-order valence-electron chi connectivity index (χ0n) is 11.3. The van der Waals surface area contributed by atoms with Crippen LogP contribution in [0.4, 0.5) is 4.39 Å². The van der Waals surface area contributed by atoms with Gasteiger partial charge in [-0.3, -0.25) is 0 Å². The molecule has 1 N–H and O–H groups in total. The van der Waals surface area contributed by atoms with E-state index in [4.69, 9.17) is 0 Å². The number of halogens is 1. The molecule has 4 rings (SSSR count). The van der Waals surface area contributed by atoms with Crippen LogP contribution in [0, 0.1) is 29.5 Å². The van der Waals surface area contributed by atoms with E-state index in [1.807, 2.05) is 6.07 Å². The quantitative estimate of drug-likeness (QED) is 0.872. The van der Waals surface area contributed by atoms with Crippen LogP contribution in [0.25, 0.3) is 0 Å². The van der Waals surface area contributed by atoms with E-state index < -0.39 is 0 Å². The molecule has 1 aromatic rings. The van der Waals surface area contributed by atoms with Crippen LogP contribution in [0.15, 0.2) is 24.3 Å². The number of benzene rings is 1. The highest BCUT2D eigenvalue weighted by Gasteiger charge is 2.53. The first-order valence-corrected chi connectivity index (χ1v) is 7.79. The highest BCUT2D eigenvalue weighted by molar-refractivity contribution is 5.16. The number of hydrogen-bond acceptors (Lipinski definition) is 1. The summed E-state index contributed by atoms with van der Waals surface area (Å²) in [6.45, 7) is 0.822.